The van der Waals surface area contributed by atoms with Crippen LogP contribution in [0, 0.1) is 0 Å². The maximum atomic E-state index is 9.85. The molecule has 1 rings (SSSR count). The monoisotopic (exact) mass is 212 g/mol. The van der Waals surface area contributed by atoms with Gasteiger partial charge in [-0.1, -0.05) is 6.08 Å². The lowest BCUT2D eigenvalue weighted by molar-refractivity contribution is 0.00578. The van der Waals surface area contributed by atoms with Gasteiger partial charge < -0.3 is 14.4 Å². The van der Waals surface area contributed by atoms with Crippen LogP contribution in [-0.2, 0) is 9.31 Å². The van der Waals surface area contributed by atoms with Crippen molar-refractivity contribution in [3.8, 4) is 0 Å². The highest BCUT2D eigenvalue weighted by Crippen LogP contribution is 2.38. The topological polar surface area (TPSA) is 38.7 Å². The van der Waals surface area contributed by atoms with E-state index in [0.29, 0.717) is 6.32 Å². The summed E-state index contributed by atoms with van der Waals surface area (Å²) in [6.07, 6.45) is 1.92. The van der Waals surface area contributed by atoms with Crippen LogP contribution in [0.25, 0.3) is 0 Å². The molecule has 1 aliphatic rings. The molecule has 0 saturated carbocycles. The van der Waals surface area contributed by atoms with E-state index < -0.39 is 5.60 Å². The van der Waals surface area contributed by atoms with Crippen LogP contribution in [0.4, 0.5) is 0 Å². The van der Waals surface area contributed by atoms with Crippen molar-refractivity contribution in [1.82, 2.24) is 0 Å². The van der Waals surface area contributed by atoms with E-state index in [1.54, 1.807) is 6.92 Å². The Balaban J connectivity index is 2.68. The van der Waals surface area contributed by atoms with Gasteiger partial charge in [0.05, 0.1) is 16.8 Å². The summed E-state index contributed by atoms with van der Waals surface area (Å²) in [5.41, 5.74) is -1.62. The van der Waals surface area contributed by atoms with Gasteiger partial charge in [0.1, 0.15) is 0 Å². The highest BCUT2D eigenvalue weighted by Gasteiger charge is 2.52. The minimum Gasteiger partial charge on any atom is -0.403 e. The third-order valence-corrected chi connectivity index (χ3v) is 3.32. The van der Waals surface area contributed by atoms with Gasteiger partial charge in [-0.2, -0.15) is 0 Å². The molecule has 1 fully saturated rings. The summed E-state index contributed by atoms with van der Waals surface area (Å²) in [6.45, 7) is 13.3. The summed E-state index contributed by atoms with van der Waals surface area (Å²) in [4.78, 5) is 0. The molecular weight excluding hydrogens is 191 g/mol. The molecule has 1 heterocycles. The molecule has 1 atom stereocenters. The maximum Gasteiger partial charge on any atom is 0.461 e. The zero-order chi connectivity index (χ0) is 11.9. The van der Waals surface area contributed by atoms with Crippen molar-refractivity contribution >= 4 is 7.12 Å². The minimum atomic E-state index is -0.943. The summed E-state index contributed by atoms with van der Waals surface area (Å²) < 4.78 is 11.5. The largest absolute Gasteiger partial charge is 0.461 e. The summed E-state index contributed by atoms with van der Waals surface area (Å²) in [5, 5.41) is 9.85. The Kier molecular flexibility index (Phi) is 3.07. The molecule has 0 aliphatic carbocycles. The van der Waals surface area contributed by atoms with Crippen LogP contribution in [0.5, 0.6) is 0 Å². The van der Waals surface area contributed by atoms with E-state index in [1.807, 2.05) is 27.7 Å². The number of hydrogen-bond acceptors (Lipinski definition) is 3. The van der Waals surface area contributed by atoms with Crippen LogP contribution in [0.15, 0.2) is 12.7 Å². The van der Waals surface area contributed by atoms with Crippen LogP contribution in [0.1, 0.15) is 34.6 Å². The predicted molar refractivity (Wildman–Crippen MR) is 61.7 cm³/mol. The molecule has 1 N–H and O–H groups in total. The molecule has 4 heteroatoms. The lowest BCUT2D eigenvalue weighted by atomic mass is 9.75. The minimum absolute atomic E-state index is 0.338. The smallest absolute Gasteiger partial charge is 0.403 e. The second-order valence-electron chi connectivity index (χ2n) is 5.45. The van der Waals surface area contributed by atoms with Crippen LogP contribution in [0.3, 0.4) is 0 Å². The fraction of sp³-hybridized carbons (Fsp3) is 0.818. The van der Waals surface area contributed by atoms with Gasteiger partial charge in [0.25, 0.3) is 0 Å². The van der Waals surface area contributed by atoms with Gasteiger partial charge in [0.2, 0.25) is 0 Å². The average molecular weight is 212 g/mol. The zero-order valence-corrected chi connectivity index (χ0v) is 10.3. The molecule has 0 aromatic rings. The molecule has 0 aromatic carbocycles. The zero-order valence-electron chi connectivity index (χ0n) is 10.3. The second kappa shape index (κ2) is 3.61. The highest BCUT2D eigenvalue weighted by atomic mass is 16.7. The van der Waals surface area contributed by atoms with Crippen molar-refractivity contribution in [2.24, 2.45) is 0 Å². The first-order chi connectivity index (χ1) is 6.60. The van der Waals surface area contributed by atoms with Crippen LogP contribution in [-0.4, -0.2) is 29.0 Å². The van der Waals surface area contributed by atoms with Gasteiger partial charge in [-0.3, -0.25) is 0 Å². The molecule has 0 radical (unpaired) electrons. The molecule has 15 heavy (non-hydrogen) atoms. The van der Waals surface area contributed by atoms with Gasteiger partial charge >= 0.3 is 7.12 Å². The van der Waals surface area contributed by atoms with Crippen molar-refractivity contribution in [1.29, 1.82) is 0 Å². The first kappa shape index (κ1) is 12.8. The lowest BCUT2D eigenvalue weighted by Gasteiger charge is -2.32. The molecule has 1 aliphatic heterocycles. The number of rotatable bonds is 3. The first-order valence-electron chi connectivity index (χ1n) is 5.31. The molecule has 1 unspecified atom stereocenters. The summed E-state index contributed by atoms with van der Waals surface area (Å²) in [6, 6.07) is 0. The molecule has 86 valence electrons. The van der Waals surface area contributed by atoms with Crippen molar-refractivity contribution in [2.75, 3.05) is 0 Å². The number of hydrogen-bond donors (Lipinski definition) is 1. The SMILES string of the molecule is C=CC(C)(O)CB1OC(C)(C)C(C)(C)O1. The normalized spacial score (nSPS) is 27.5. The van der Waals surface area contributed by atoms with E-state index in [1.165, 1.54) is 6.08 Å². The summed E-state index contributed by atoms with van der Waals surface area (Å²) in [5.74, 6) is 0. The molecule has 0 aromatic heterocycles. The molecule has 0 bridgehead atoms. The van der Waals surface area contributed by atoms with E-state index in [9.17, 15) is 5.11 Å². The van der Waals surface area contributed by atoms with Crippen molar-refractivity contribution < 1.29 is 14.4 Å². The van der Waals surface area contributed by atoms with E-state index >= 15 is 0 Å². The van der Waals surface area contributed by atoms with Crippen molar-refractivity contribution in [2.45, 2.75) is 57.7 Å². The molecular formula is C11H21BO3. The van der Waals surface area contributed by atoms with Gasteiger partial charge in [0, 0.05) is 6.32 Å². The van der Waals surface area contributed by atoms with Crippen LogP contribution < -0.4 is 0 Å². The molecule has 1 saturated heterocycles. The Bertz CT molecular complexity index is 243. The second-order valence-corrected chi connectivity index (χ2v) is 5.45. The summed E-state index contributed by atoms with van der Waals surface area (Å²) >= 11 is 0. The number of aliphatic hydroxyl groups is 1. The Morgan fingerprint density at radius 3 is 2.00 bits per heavy atom. The van der Waals surface area contributed by atoms with Crippen LogP contribution >= 0.6 is 0 Å². The molecule has 0 spiro atoms. The average Bonchev–Trinajstić information content (AvgIpc) is 2.19. The Labute approximate surface area is 92.6 Å². The van der Waals surface area contributed by atoms with Gasteiger partial charge in [-0.15, -0.1) is 6.58 Å². The van der Waals surface area contributed by atoms with E-state index in [-0.39, 0.29) is 18.3 Å². The standard InChI is InChI=1S/C11H21BO3/c1-7-11(6,13)8-12-14-9(2,3)10(4,5)15-12/h7,13H,1,8H2,2-6H3. The molecule has 3 nitrogen and oxygen atoms in total. The quantitative estimate of drug-likeness (QED) is 0.574. The third kappa shape index (κ3) is 2.62. The van der Waals surface area contributed by atoms with Gasteiger partial charge in [0.15, 0.2) is 0 Å². The highest BCUT2D eigenvalue weighted by molar-refractivity contribution is 6.45. The van der Waals surface area contributed by atoms with Crippen molar-refractivity contribution in [3.63, 3.8) is 0 Å². The Hall–Kier alpha value is -0.315. The third-order valence-electron chi connectivity index (χ3n) is 3.32. The predicted octanol–water partition coefficient (Wildman–Crippen LogP) is 2.02. The van der Waals surface area contributed by atoms with Crippen molar-refractivity contribution in [3.05, 3.63) is 12.7 Å². The fourth-order valence-corrected chi connectivity index (χ4v) is 1.47. The first-order valence-corrected chi connectivity index (χ1v) is 5.31. The van der Waals surface area contributed by atoms with Gasteiger partial charge in [-0.25, -0.2) is 0 Å². The maximum absolute atomic E-state index is 9.85. The van der Waals surface area contributed by atoms with Crippen LogP contribution in [0.2, 0.25) is 6.32 Å². The Morgan fingerprint density at radius 2 is 1.67 bits per heavy atom. The van der Waals surface area contributed by atoms with E-state index in [4.69, 9.17) is 9.31 Å². The fourth-order valence-electron chi connectivity index (χ4n) is 1.47. The lowest BCUT2D eigenvalue weighted by Crippen LogP contribution is -2.41. The molecule has 0 amide bonds. The van der Waals surface area contributed by atoms with Gasteiger partial charge in [-0.05, 0) is 34.6 Å². The summed E-state index contributed by atoms with van der Waals surface area (Å²) in [7, 11) is -0.372. The van der Waals surface area contributed by atoms with E-state index in [0.717, 1.165) is 0 Å². The van der Waals surface area contributed by atoms with E-state index in [2.05, 4.69) is 6.58 Å². The Morgan fingerprint density at radius 1 is 1.27 bits per heavy atom.